The molecule has 0 aliphatic rings. The molecule has 0 spiro atoms. The average molecular weight is 1450 g/mol. The fourth-order valence-corrected chi connectivity index (χ4v) is 16.2. The maximum Gasteiger partial charge on any atom is 0.0998 e. The number of aromatic nitrogens is 4. The van der Waals surface area contributed by atoms with Crippen molar-refractivity contribution >= 4 is 86.8 Å². The van der Waals surface area contributed by atoms with Crippen LogP contribution in [0.25, 0.3) is 198 Å². The van der Waals surface area contributed by atoms with Crippen LogP contribution in [0.4, 0.5) is 0 Å². The number of hydrogen-bond donors (Lipinski definition) is 0. The molecule has 530 valence electrons. The Morgan fingerprint density at radius 3 is 0.798 bits per heavy atom. The summed E-state index contributed by atoms with van der Waals surface area (Å²) in [6.45, 7) is 0. The third kappa shape index (κ3) is 13.1. The van der Waals surface area contributed by atoms with Gasteiger partial charge in [-0.3, -0.25) is 0 Å². The molecule has 4 heterocycles. The summed E-state index contributed by atoms with van der Waals surface area (Å²) >= 11 is 0. The number of benzene rings is 17. The van der Waals surface area contributed by atoms with E-state index in [1.165, 1.54) is 71.8 Å². The van der Waals surface area contributed by atoms with Gasteiger partial charge in [0, 0.05) is 65.3 Å². The molecule has 0 atom stereocenters. The number of pyridine rings is 4. The van der Waals surface area contributed by atoms with Crippen LogP contribution in [0.5, 0.6) is 0 Å². The van der Waals surface area contributed by atoms with Crippen molar-refractivity contribution in [3.05, 3.63) is 424 Å². The van der Waals surface area contributed by atoms with Crippen LogP contribution < -0.4 is 0 Å². The second kappa shape index (κ2) is 30.5. The van der Waals surface area contributed by atoms with Gasteiger partial charge in [-0.05, 0) is 155 Å². The first-order chi connectivity index (χ1) is 56.5. The van der Waals surface area contributed by atoms with Crippen LogP contribution >= 0.6 is 0 Å². The second-order valence-electron chi connectivity index (χ2n) is 28.4. The smallest absolute Gasteiger partial charge is 0.0998 e. The Morgan fingerprint density at radius 1 is 0.175 bits per heavy atom. The summed E-state index contributed by atoms with van der Waals surface area (Å²) in [5, 5.41) is 31.6. The minimum absolute atomic E-state index is 0.624. The van der Waals surface area contributed by atoms with E-state index >= 15 is 0 Å². The van der Waals surface area contributed by atoms with E-state index in [0.29, 0.717) is 11.1 Å². The van der Waals surface area contributed by atoms with E-state index in [1.54, 1.807) is 0 Å². The lowest BCUT2D eigenvalue weighted by atomic mass is 9.90. The van der Waals surface area contributed by atoms with Crippen molar-refractivity contribution < 1.29 is 0 Å². The van der Waals surface area contributed by atoms with E-state index in [9.17, 15) is 10.5 Å². The molecule has 0 saturated carbocycles. The Hall–Kier alpha value is -15.6. The van der Waals surface area contributed by atoms with Gasteiger partial charge in [0.15, 0.2) is 0 Å². The maximum atomic E-state index is 9.74. The molecule has 21 aromatic rings. The van der Waals surface area contributed by atoms with Gasteiger partial charge in [-0.25, -0.2) is 19.9 Å². The molecule has 6 nitrogen and oxygen atoms in total. The van der Waals surface area contributed by atoms with Gasteiger partial charge in [0.25, 0.3) is 0 Å². The molecule has 114 heavy (non-hydrogen) atoms. The third-order valence-corrected chi connectivity index (χ3v) is 21.7. The molecule has 17 aromatic carbocycles. The molecule has 0 aliphatic carbocycles. The van der Waals surface area contributed by atoms with Gasteiger partial charge in [-0.15, -0.1) is 0 Å². The number of para-hydroxylation sites is 2. The number of nitrogens with zero attached hydrogens (tertiary/aromatic N) is 6. The Labute approximate surface area is 660 Å². The monoisotopic (exact) mass is 1450 g/mol. The van der Waals surface area contributed by atoms with Crippen molar-refractivity contribution in [2.75, 3.05) is 0 Å². The largest absolute Gasteiger partial charge is 0.248 e. The summed E-state index contributed by atoms with van der Waals surface area (Å²) in [7, 11) is 0. The van der Waals surface area contributed by atoms with Gasteiger partial charge in [-0.1, -0.05) is 346 Å². The predicted molar refractivity (Wildman–Crippen MR) is 474 cm³/mol. The molecule has 0 N–H and O–H groups in total. The number of nitriles is 2. The zero-order valence-electron chi connectivity index (χ0n) is 61.9. The van der Waals surface area contributed by atoms with E-state index < -0.39 is 0 Å². The van der Waals surface area contributed by atoms with Crippen LogP contribution in [0.3, 0.4) is 0 Å². The Bertz CT molecular complexity index is 7250. The van der Waals surface area contributed by atoms with Crippen LogP contribution in [-0.4, -0.2) is 19.9 Å². The van der Waals surface area contributed by atoms with Crippen molar-refractivity contribution in [3.63, 3.8) is 0 Å². The lowest BCUT2D eigenvalue weighted by molar-refractivity contribution is 1.39. The molecule has 0 radical (unpaired) electrons. The Balaban J connectivity index is 0.000000117. The molecule has 4 aromatic heterocycles. The van der Waals surface area contributed by atoms with Crippen molar-refractivity contribution in [1.82, 2.24) is 19.9 Å². The van der Waals surface area contributed by atoms with Crippen molar-refractivity contribution in [2.45, 2.75) is 0 Å². The Morgan fingerprint density at radius 2 is 0.447 bits per heavy atom. The average Bonchev–Trinajstić information content (AvgIpc) is 0.752. The molecule has 0 saturated heterocycles. The normalized spacial score (nSPS) is 11.1. The zero-order chi connectivity index (χ0) is 76.3. The third-order valence-electron chi connectivity index (χ3n) is 21.7. The maximum absolute atomic E-state index is 9.74. The highest BCUT2D eigenvalue weighted by Crippen LogP contribution is 2.46. The lowest BCUT2D eigenvalue weighted by Gasteiger charge is -2.16. The van der Waals surface area contributed by atoms with Gasteiger partial charge < -0.3 is 0 Å². The molecule has 0 unspecified atom stereocenters. The predicted octanol–water partition coefficient (Wildman–Crippen LogP) is 28.3. The number of fused-ring (bicyclic) bond motifs is 11. The molecular formula is C108H68N6. The van der Waals surface area contributed by atoms with Gasteiger partial charge in [0.1, 0.15) is 0 Å². The molecule has 0 aliphatic heterocycles. The first-order valence-corrected chi connectivity index (χ1v) is 38.3. The first kappa shape index (κ1) is 68.9. The fourth-order valence-electron chi connectivity index (χ4n) is 16.2. The summed E-state index contributed by atoms with van der Waals surface area (Å²) < 4.78 is 0. The van der Waals surface area contributed by atoms with E-state index in [1.807, 2.05) is 72.8 Å². The topological polar surface area (TPSA) is 99.1 Å². The van der Waals surface area contributed by atoms with E-state index in [2.05, 4.69) is 352 Å². The highest BCUT2D eigenvalue weighted by molar-refractivity contribution is 6.19. The molecule has 21 rings (SSSR count). The molecule has 0 bridgehead atoms. The quantitative estimate of drug-likeness (QED) is 0.0999. The highest BCUT2D eigenvalue weighted by atomic mass is 14.7. The van der Waals surface area contributed by atoms with E-state index in [-0.39, 0.29) is 0 Å². The van der Waals surface area contributed by atoms with Crippen molar-refractivity contribution in [3.8, 4) is 124 Å². The van der Waals surface area contributed by atoms with Gasteiger partial charge >= 0.3 is 0 Å². The van der Waals surface area contributed by atoms with Crippen LogP contribution in [0.15, 0.2) is 413 Å². The summed E-state index contributed by atoms with van der Waals surface area (Å²) in [6, 6.07) is 148. The highest BCUT2D eigenvalue weighted by Gasteiger charge is 2.22. The molecule has 0 amide bonds. The second-order valence-corrected chi connectivity index (χ2v) is 28.4. The summed E-state index contributed by atoms with van der Waals surface area (Å²) in [5.41, 5.74) is 28.3. The van der Waals surface area contributed by atoms with Gasteiger partial charge in [0.2, 0.25) is 0 Å². The molecule has 6 heteroatoms. The zero-order valence-corrected chi connectivity index (χ0v) is 61.9. The van der Waals surface area contributed by atoms with Crippen LogP contribution in [-0.2, 0) is 0 Å². The van der Waals surface area contributed by atoms with Crippen LogP contribution in [0, 0.1) is 22.7 Å². The number of rotatable bonds is 10. The van der Waals surface area contributed by atoms with E-state index in [4.69, 9.17) is 19.9 Å². The number of hydrogen-bond acceptors (Lipinski definition) is 6. The van der Waals surface area contributed by atoms with Gasteiger partial charge in [-0.2, -0.15) is 10.5 Å². The van der Waals surface area contributed by atoms with Crippen molar-refractivity contribution in [2.24, 2.45) is 0 Å². The summed E-state index contributed by atoms with van der Waals surface area (Å²) in [5.74, 6) is 0. The van der Waals surface area contributed by atoms with Crippen LogP contribution in [0.2, 0.25) is 0 Å². The first-order valence-electron chi connectivity index (χ1n) is 38.3. The SMILES string of the molecule is N#Cc1ccc(-c2cc(-c3ccccc3)c3cc(-c4ccccc4)c4ccccc4c3n2)cc1.N#Cc1ccccc1-c1cc(-c2ccccc2)c2cc(-c3ccccc3)c3ccccc3c2n1.c1ccc(-c2cc3c(-c4ccccc4)cc(-c4ccc(-c5c6ccccc6nc6ccccc56)cc4)nc3c3ccccc23)cc1. The standard InChI is InChI=1S/C44H28N2.2C32H20N2/c1-3-13-29(14-4-1)37-27-39-38(30-15-5-2-6-16-30)28-42(46-44(39)34-18-8-7-17-33(34)37)31-23-25-32(26-24-31)43-35-19-9-11-21-40(35)45-41-22-12-10-20-36(41)43;33-21-24-15-7-8-16-25(24)31-20-29(23-13-5-2-6-14-23)30-19-28(22-11-3-1-4-12-22)26-17-9-10-18-27(26)32(30)34-31;33-21-22-15-17-25(18-16-22)31-20-29(24-11-5-2-6-12-24)30-19-28(23-9-3-1-4-10-23)26-13-7-8-14-27(26)32(30)34-31/h1-28H;2*1-20H. The van der Waals surface area contributed by atoms with Gasteiger partial charge in [0.05, 0.1) is 67.9 Å². The molecular weight excluding hydrogens is 1380 g/mol. The van der Waals surface area contributed by atoms with Crippen molar-refractivity contribution in [1.29, 1.82) is 10.5 Å². The Kier molecular flexibility index (Phi) is 18.4. The van der Waals surface area contributed by atoms with Crippen LogP contribution in [0.1, 0.15) is 11.1 Å². The summed E-state index contributed by atoms with van der Waals surface area (Å²) in [6.07, 6.45) is 0. The minimum Gasteiger partial charge on any atom is -0.248 e. The minimum atomic E-state index is 0.624. The van der Waals surface area contributed by atoms with E-state index in [0.717, 1.165) is 127 Å². The molecule has 0 fully saturated rings. The fraction of sp³-hybridized carbons (Fsp3) is 0. The summed E-state index contributed by atoms with van der Waals surface area (Å²) in [4.78, 5) is 20.6. The lowest BCUT2D eigenvalue weighted by Crippen LogP contribution is -1.94.